The first-order chi connectivity index (χ1) is 7.40. The maximum Gasteiger partial charge on any atom is 0.147 e. The lowest BCUT2D eigenvalue weighted by Crippen LogP contribution is -2.47. The van der Waals surface area contributed by atoms with Crippen molar-refractivity contribution < 1.29 is 14.6 Å². The topological polar surface area (TPSA) is 41.9 Å². The number of hydrogen-bond donors (Lipinski definition) is 1. The SMILES string of the molecule is OCCN(CC1CCOCO1)C1CCC1. The summed E-state index contributed by atoms with van der Waals surface area (Å²) in [5, 5.41) is 9.03. The van der Waals surface area contributed by atoms with Crippen LogP contribution in [0.4, 0.5) is 0 Å². The van der Waals surface area contributed by atoms with E-state index in [1.807, 2.05) is 0 Å². The summed E-state index contributed by atoms with van der Waals surface area (Å²) in [7, 11) is 0. The predicted molar refractivity (Wildman–Crippen MR) is 56.6 cm³/mol. The van der Waals surface area contributed by atoms with Crippen molar-refractivity contribution in [3.63, 3.8) is 0 Å². The van der Waals surface area contributed by atoms with Crippen molar-refractivity contribution in [2.45, 2.75) is 37.8 Å². The molecule has 0 radical (unpaired) electrons. The van der Waals surface area contributed by atoms with Crippen molar-refractivity contribution >= 4 is 0 Å². The molecule has 88 valence electrons. The van der Waals surface area contributed by atoms with Crippen molar-refractivity contribution in [2.24, 2.45) is 0 Å². The van der Waals surface area contributed by atoms with Gasteiger partial charge in [-0.05, 0) is 19.3 Å². The molecule has 1 aliphatic heterocycles. The molecule has 1 saturated heterocycles. The Kier molecular flexibility index (Phi) is 4.38. The molecular formula is C11H21NO3. The van der Waals surface area contributed by atoms with Crippen molar-refractivity contribution in [1.29, 1.82) is 0 Å². The lowest BCUT2D eigenvalue weighted by atomic mass is 9.91. The molecule has 2 fully saturated rings. The summed E-state index contributed by atoms with van der Waals surface area (Å²) in [5.74, 6) is 0. The zero-order valence-electron chi connectivity index (χ0n) is 9.23. The largest absolute Gasteiger partial charge is 0.395 e. The Morgan fingerprint density at radius 2 is 2.13 bits per heavy atom. The van der Waals surface area contributed by atoms with E-state index in [0.717, 1.165) is 26.1 Å². The molecule has 0 aromatic heterocycles. The highest BCUT2D eigenvalue weighted by Crippen LogP contribution is 2.25. The fraction of sp³-hybridized carbons (Fsp3) is 1.00. The lowest BCUT2D eigenvalue weighted by Gasteiger charge is -2.39. The maximum atomic E-state index is 9.03. The third kappa shape index (κ3) is 3.14. The molecular weight excluding hydrogens is 194 g/mol. The van der Waals surface area contributed by atoms with Gasteiger partial charge in [0.15, 0.2) is 0 Å². The van der Waals surface area contributed by atoms with Gasteiger partial charge in [-0.25, -0.2) is 0 Å². The van der Waals surface area contributed by atoms with E-state index in [2.05, 4.69) is 4.90 Å². The second-order valence-electron chi connectivity index (χ2n) is 4.41. The summed E-state index contributed by atoms with van der Waals surface area (Å²) < 4.78 is 10.7. The van der Waals surface area contributed by atoms with Gasteiger partial charge in [0.25, 0.3) is 0 Å². The third-order valence-electron chi connectivity index (χ3n) is 3.39. The molecule has 0 amide bonds. The second-order valence-corrected chi connectivity index (χ2v) is 4.41. The van der Waals surface area contributed by atoms with Gasteiger partial charge in [0, 0.05) is 19.1 Å². The van der Waals surface area contributed by atoms with E-state index in [1.165, 1.54) is 19.3 Å². The van der Waals surface area contributed by atoms with Gasteiger partial charge in [0.05, 0.1) is 19.3 Å². The molecule has 0 bridgehead atoms. The molecule has 15 heavy (non-hydrogen) atoms. The Bertz CT molecular complexity index is 179. The van der Waals surface area contributed by atoms with Gasteiger partial charge < -0.3 is 14.6 Å². The van der Waals surface area contributed by atoms with E-state index in [1.54, 1.807) is 0 Å². The van der Waals surface area contributed by atoms with Crippen molar-refractivity contribution in [3.8, 4) is 0 Å². The molecule has 4 heteroatoms. The van der Waals surface area contributed by atoms with Crippen LogP contribution in [0.5, 0.6) is 0 Å². The summed E-state index contributed by atoms with van der Waals surface area (Å²) in [6.07, 6.45) is 5.17. The van der Waals surface area contributed by atoms with E-state index in [-0.39, 0.29) is 6.61 Å². The van der Waals surface area contributed by atoms with Gasteiger partial charge in [-0.2, -0.15) is 0 Å². The quantitative estimate of drug-likeness (QED) is 0.729. The Morgan fingerprint density at radius 1 is 1.27 bits per heavy atom. The van der Waals surface area contributed by atoms with Crippen LogP contribution in [0.2, 0.25) is 0 Å². The minimum atomic E-state index is 0.250. The van der Waals surface area contributed by atoms with E-state index in [0.29, 0.717) is 18.9 Å². The summed E-state index contributed by atoms with van der Waals surface area (Å²) in [5.41, 5.74) is 0. The second kappa shape index (κ2) is 5.80. The Labute approximate surface area is 91.2 Å². The minimum absolute atomic E-state index is 0.250. The smallest absolute Gasteiger partial charge is 0.147 e. The number of ether oxygens (including phenoxy) is 2. The van der Waals surface area contributed by atoms with E-state index in [4.69, 9.17) is 14.6 Å². The monoisotopic (exact) mass is 215 g/mol. The van der Waals surface area contributed by atoms with Gasteiger partial charge >= 0.3 is 0 Å². The Hall–Kier alpha value is -0.160. The summed E-state index contributed by atoms with van der Waals surface area (Å²) in [6, 6.07) is 0.684. The first-order valence-electron chi connectivity index (χ1n) is 5.94. The first-order valence-corrected chi connectivity index (χ1v) is 5.94. The molecule has 1 aliphatic carbocycles. The summed E-state index contributed by atoms with van der Waals surface area (Å²) in [4.78, 5) is 2.37. The molecule has 0 spiro atoms. The van der Waals surface area contributed by atoms with Crippen LogP contribution in [-0.4, -0.2) is 55.2 Å². The van der Waals surface area contributed by atoms with Crippen molar-refractivity contribution in [3.05, 3.63) is 0 Å². The Morgan fingerprint density at radius 3 is 2.67 bits per heavy atom. The van der Waals surface area contributed by atoms with E-state index < -0.39 is 0 Å². The molecule has 1 atom stereocenters. The standard InChI is InChI=1S/C11H21NO3/c13-6-5-12(10-2-1-3-10)8-11-4-7-14-9-15-11/h10-11,13H,1-9H2. The average Bonchev–Trinajstić information content (AvgIpc) is 2.17. The molecule has 1 N–H and O–H groups in total. The van der Waals surface area contributed by atoms with Gasteiger partial charge in [0.1, 0.15) is 6.79 Å². The van der Waals surface area contributed by atoms with Crippen LogP contribution in [0.3, 0.4) is 0 Å². The van der Waals surface area contributed by atoms with Crippen LogP contribution in [0.1, 0.15) is 25.7 Å². The van der Waals surface area contributed by atoms with Crippen molar-refractivity contribution in [2.75, 3.05) is 33.1 Å². The molecule has 1 saturated carbocycles. The number of hydrogen-bond acceptors (Lipinski definition) is 4. The number of aliphatic hydroxyl groups is 1. The fourth-order valence-corrected chi connectivity index (χ4v) is 2.21. The molecule has 0 aromatic carbocycles. The predicted octanol–water partition coefficient (Wildman–Crippen LogP) is 0.596. The first kappa shape index (κ1) is 11.3. The van der Waals surface area contributed by atoms with Gasteiger partial charge in [-0.15, -0.1) is 0 Å². The van der Waals surface area contributed by atoms with Gasteiger partial charge in [0.2, 0.25) is 0 Å². The van der Waals surface area contributed by atoms with Gasteiger partial charge in [-0.3, -0.25) is 4.90 Å². The highest BCUT2D eigenvalue weighted by molar-refractivity contribution is 4.82. The number of nitrogens with zero attached hydrogens (tertiary/aromatic N) is 1. The third-order valence-corrected chi connectivity index (χ3v) is 3.39. The highest BCUT2D eigenvalue weighted by Gasteiger charge is 2.27. The van der Waals surface area contributed by atoms with E-state index >= 15 is 0 Å². The van der Waals surface area contributed by atoms with Crippen LogP contribution in [-0.2, 0) is 9.47 Å². The maximum absolute atomic E-state index is 9.03. The average molecular weight is 215 g/mol. The van der Waals surface area contributed by atoms with Crippen LogP contribution < -0.4 is 0 Å². The molecule has 2 aliphatic rings. The molecule has 1 heterocycles. The Balaban J connectivity index is 1.76. The zero-order chi connectivity index (χ0) is 10.5. The minimum Gasteiger partial charge on any atom is -0.395 e. The summed E-state index contributed by atoms with van der Waals surface area (Å²) in [6.45, 7) is 3.23. The van der Waals surface area contributed by atoms with Gasteiger partial charge in [-0.1, -0.05) is 6.42 Å². The number of rotatable bonds is 5. The van der Waals surface area contributed by atoms with Crippen LogP contribution in [0.25, 0.3) is 0 Å². The molecule has 4 nitrogen and oxygen atoms in total. The molecule has 2 rings (SSSR count). The van der Waals surface area contributed by atoms with E-state index in [9.17, 15) is 0 Å². The normalized spacial score (nSPS) is 28.0. The zero-order valence-corrected chi connectivity index (χ0v) is 9.23. The highest BCUT2D eigenvalue weighted by atomic mass is 16.7. The lowest BCUT2D eigenvalue weighted by molar-refractivity contribution is -0.148. The van der Waals surface area contributed by atoms with Crippen LogP contribution >= 0.6 is 0 Å². The molecule has 1 unspecified atom stereocenters. The van der Waals surface area contributed by atoms with Crippen LogP contribution in [0.15, 0.2) is 0 Å². The van der Waals surface area contributed by atoms with Crippen molar-refractivity contribution in [1.82, 2.24) is 4.90 Å². The fourth-order valence-electron chi connectivity index (χ4n) is 2.21. The number of aliphatic hydroxyl groups excluding tert-OH is 1. The van der Waals surface area contributed by atoms with Crippen LogP contribution in [0, 0.1) is 0 Å². The molecule has 0 aromatic rings. The summed E-state index contributed by atoms with van der Waals surface area (Å²) >= 11 is 0.